The second kappa shape index (κ2) is 19.0. The van der Waals surface area contributed by atoms with Crippen molar-refractivity contribution in [3.05, 3.63) is 30.3 Å². The van der Waals surface area contributed by atoms with Gasteiger partial charge in [-0.15, -0.1) is 0 Å². The van der Waals surface area contributed by atoms with E-state index in [2.05, 4.69) is 56.0 Å². The van der Waals surface area contributed by atoms with Crippen molar-refractivity contribution in [1.29, 1.82) is 0 Å². The van der Waals surface area contributed by atoms with Crippen molar-refractivity contribution in [2.24, 2.45) is 5.92 Å². The molecular weight excluding hydrogens is 350 g/mol. The summed E-state index contributed by atoms with van der Waals surface area (Å²) in [5.41, 5.74) is 1.43. The molecule has 1 aromatic rings. The number of nitrogens with zero attached hydrogens (tertiary/aromatic N) is 1. The van der Waals surface area contributed by atoms with Gasteiger partial charge in [-0.1, -0.05) is 129 Å². The smallest absolute Gasteiger partial charge is 0.0366 e. The van der Waals surface area contributed by atoms with Gasteiger partial charge in [-0.05, 0) is 30.9 Å². The standard InChI is InChI=1S/C28H51N/c1-4-7-10-12-13-14-19-25-29(28-22-17-15-18-23-28)26-24-27(20-9-6-3)21-16-11-8-5-2/h15,17-18,22-23,27H,4-14,16,19-21,24-26H2,1-3H3. The molecule has 0 aliphatic heterocycles. The van der Waals surface area contributed by atoms with Crippen LogP contribution >= 0.6 is 0 Å². The first kappa shape index (κ1) is 26.1. The summed E-state index contributed by atoms with van der Waals surface area (Å²) in [5.74, 6) is 0.923. The molecule has 1 rings (SSSR count). The summed E-state index contributed by atoms with van der Waals surface area (Å²) in [5, 5.41) is 0. The van der Waals surface area contributed by atoms with Crippen LogP contribution in [0.5, 0.6) is 0 Å². The fourth-order valence-electron chi connectivity index (χ4n) is 4.39. The molecule has 1 nitrogen and oxygen atoms in total. The van der Waals surface area contributed by atoms with Crippen molar-refractivity contribution in [2.75, 3.05) is 18.0 Å². The lowest BCUT2D eigenvalue weighted by molar-refractivity contribution is 0.387. The third kappa shape index (κ3) is 13.8. The van der Waals surface area contributed by atoms with Gasteiger partial charge in [0.25, 0.3) is 0 Å². The molecule has 0 spiro atoms. The Kier molecular flexibility index (Phi) is 17.1. The molecule has 0 aromatic heterocycles. The van der Waals surface area contributed by atoms with Crippen LogP contribution in [0, 0.1) is 5.92 Å². The number of unbranched alkanes of at least 4 members (excludes halogenated alkanes) is 10. The fraction of sp³-hybridized carbons (Fsp3) is 0.786. The van der Waals surface area contributed by atoms with E-state index in [4.69, 9.17) is 0 Å². The summed E-state index contributed by atoms with van der Waals surface area (Å²) >= 11 is 0. The SMILES string of the molecule is CCCCCCCCCN(CCC(CCCC)CCCCCC)c1ccccc1. The van der Waals surface area contributed by atoms with E-state index in [0.29, 0.717) is 0 Å². The molecule has 0 saturated carbocycles. The highest BCUT2D eigenvalue weighted by atomic mass is 15.1. The Morgan fingerprint density at radius 1 is 0.552 bits per heavy atom. The molecule has 168 valence electrons. The summed E-state index contributed by atoms with van der Waals surface area (Å²) in [7, 11) is 0. The molecule has 0 saturated heterocycles. The summed E-state index contributed by atoms with van der Waals surface area (Å²) in [6.45, 7) is 9.42. The quantitative estimate of drug-likeness (QED) is 0.197. The molecule has 1 aromatic carbocycles. The van der Waals surface area contributed by atoms with Crippen LogP contribution in [0.1, 0.15) is 124 Å². The highest BCUT2D eigenvalue weighted by molar-refractivity contribution is 5.45. The van der Waals surface area contributed by atoms with Gasteiger partial charge in [0.1, 0.15) is 0 Å². The van der Waals surface area contributed by atoms with Crippen molar-refractivity contribution < 1.29 is 0 Å². The van der Waals surface area contributed by atoms with E-state index < -0.39 is 0 Å². The third-order valence-electron chi connectivity index (χ3n) is 6.39. The summed E-state index contributed by atoms with van der Waals surface area (Å²) < 4.78 is 0. The van der Waals surface area contributed by atoms with E-state index >= 15 is 0 Å². The van der Waals surface area contributed by atoms with Crippen LogP contribution in [0.4, 0.5) is 5.69 Å². The van der Waals surface area contributed by atoms with Crippen molar-refractivity contribution in [3.63, 3.8) is 0 Å². The largest absolute Gasteiger partial charge is 0.372 e. The molecule has 1 unspecified atom stereocenters. The van der Waals surface area contributed by atoms with Gasteiger partial charge in [0.05, 0.1) is 0 Å². The molecule has 0 aliphatic rings. The zero-order valence-electron chi connectivity index (χ0n) is 20.1. The molecule has 1 heteroatoms. The van der Waals surface area contributed by atoms with E-state index in [1.807, 2.05) is 0 Å². The molecular formula is C28H51N. The van der Waals surface area contributed by atoms with Gasteiger partial charge in [0.15, 0.2) is 0 Å². The molecule has 0 heterocycles. The average Bonchev–Trinajstić information content (AvgIpc) is 2.76. The maximum atomic E-state index is 2.68. The van der Waals surface area contributed by atoms with Gasteiger partial charge >= 0.3 is 0 Å². The molecule has 0 aliphatic carbocycles. The lowest BCUT2D eigenvalue weighted by Crippen LogP contribution is -2.27. The molecule has 1 atom stereocenters. The molecule has 0 bridgehead atoms. The maximum Gasteiger partial charge on any atom is 0.0366 e. The number of hydrogen-bond acceptors (Lipinski definition) is 1. The van der Waals surface area contributed by atoms with Crippen LogP contribution in [0.3, 0.4) is 0 Å². The minimum Gasteiger partial charge on any atom is -0.372 e. The minimum absolute atomic E-state index is 0.923. The topological polar surface area (TPSA) is 3.24 Å². The van der Waals surface area contributed by atoms with Gasteiger partial charge in [-0.2, -0.15) is 0 Å². The van der Waals surface area contributed by atoms with Crippen molar-refractivity contribution in [3.8, 4) is 0 Å². The van der Waals surface area contributed by atoms with Crippen LogP contribution < -0.4 is 4.90 Å². The second-order valence-corrected chi connectivity index (χ2v) is 9.09. The first-order valence-electron chi connectivity index (χ1n) is 13.1. The monoisotopic (exact) mass is 401 g/mol. The molecule has 0 amide bonds. The Balaban J connectivity index is 2.46. The van der Waals surface area contributed by atoms with Crippen molar-refractivity contribution in [1.82, 2.24) is 0 Å². The highest BCUT2D eigenvalue weighted by Crippen LogP contribution is 2.23. The van der Waals surface area contributed by atoms with E-state index in [-0.39, 0.29) is 0 Å². The number of anilines is 1. The summed E-state index contributed by atoms with van der Waals surface area (Å²) in [6, 6.07) is 11.2. The Morgan fingerprint density at radius 3 is 1.76 bits per heavy atom. The number of para-hydroxylation sites is 1. The normalized spacial score (nSPS) is 12.2. The summed E-state index contributed by atoms with van der Waals surface area (Å²) in [6.07, 6.45) is 22.4. The van der Waals surface area contributed by atoms with Crippen LogP contribution in [0.25, 0.3) is 0 Å². The Hall–Kier alpha value is -0.980. The highest BCUT2D eigenvalue weighted by Gasteiger charge is 2.12. The fourth-order valence-corrected chi connectivity index (χ4v) is 4.39. The number of hydrogen-bond donors (Lipinski definition) is 0. The Morgan fingerprint density at radius 2 is 1.10 bits per heavy atom. The number of rotatable bonds is 20. The third-order valence-corrected chi connectivity index (χ3v) is 6.39. The van der Waals surface area contributed by atoms with Gasteiger partial charge in [0.2, 0.25) is 0 Å². The molecule has 0 N–H and O–H groups in total. The Bertz CT molecular complexity index is 441. The minimum atomic E-state index is 0.923. The van der Waals surface area contributed by atoms with Crippen LogP contribution in [-0.4, -0.2) is 13.1 Å². The molecule has 0 fully saturated rings. The average molecular weight is 402 g/mol. The Labute approximate surface area is 183 Å². The predicted octanol–water partition coefficient (Wildman–Crippen LogP) is 9.41. The zero-order valence-corrected chi connectivity index (χ0v) is 20.1. The molecule has 0 radical (unpaired) electrons. The first-order chi connectivity index (χ1) is 14.3. The molecule has 29 heavy (non-hydrogen) atoms. The van der Waals surface area contributed by atoms with Gasteiger partial charge in [-0.3, -0.25) is 0 Å². The van der Waals surface area contributed by atoms with E-state index in [9.17, 15) is 0 Å². The zero-order chi connectivity index (χ0) is 21.0. The van der Waals surface area contributed by atoms with Crippen molar-refractivity contribution >= 4 is 5.69 Å². The summed E-state index contributed by atoms with van der Waals surface area (Å²) in [4.78, 5) is 2.68. The van der Waals surface area contributed by atoms with Gasteiger partial charge < -0.3 is 4.90 Å². The number of benzene rings is 1. The van der Waals surface area contributed by atoms with E-state index in [1.165, 1.54) is 122 Å². The second-order valence-electron chi connectivity index (χ2n) is 9.09. The first-order valence-corrected chi connectivity index (χ1v) is 13.1. The van der Waals surface area contributed by atoms with Crippen molar-refractivity contribution in [2.45, 2.75) is 124 Å². The van der Waals surface area contributed by atoms with Gasteiger partial charge in [-0.25, -0.2) is 0 Å². The van der Waals surface area contributed by atoms with Crippen LogP contribution in [0.15, 0.2) is 30.3 Å². The van der Waals surface area contributed by atoms with Crippen LogP contribution in [-0.2, 0) is 0 Å². The van der Waals surface area contributed by atoms with Crippen LogP contribution in [0.2, 0.25) is 0 Å². The maximum absolute atomic E-state index is 2.68. The van der Waals surface area contributed by atoms with E-state index in [0.717, 1.165) is 5.92 Å². The van der Waals surface area contributed by atoms with E-state index in [1.54, 1.807) is 0 Å². The van der Waals surface area contributed by atoms with Gasteiger partial charge in [0, 0.05) is 18.8 Å². The lowest BCUT2D eigenvalue weighted by Gasteiger charge is -2.27. The lowest BCUT2D eigenvalue weighted by atomic mass is 9.92. The predicted molar refractivity (Wildman–Crippen MR) is 133 cm³/mol.